The maximum atomic E-state index is 12.4. The molecular weight excluding hydrogens is 314 g/mol. The summed E-state index contributed by atoms with van der Waals surface area (Å²) in [5, 5.41) is 21.5. The van der Waals surface area contributed by atoms with Crippen LogP contribution in [0.3, 0.4) is 0 Å². The van der Waals surface area contributed by atoms with E-state index < -0.39 is 10.8 Å². The molecule has 0 aliphatic carbocycles. The molecule has 0 spiro atoms. The number of benzene rings is 1. The zero-order valence-corrected chi connectivity index (χ0v) is 12.7. The molecule has 0 aliphatic heterocycles. The Hall–Kier alpha value is -3.49. The average molecular weight is 327 g/mol. The Morgan fingerprint density at radius 1 is 1.33 bits per heavy atom. The molecule has 1 amide bonds. The third kappa shape index (κ3) is 2.86. The molecule has 0 unspecified atom stereocenters. The van der Waals surface area contributed by atoms with Gasteiger partial charge >= 0.3 is 0 Å². The number of fused-ring (bicyclic) bond motifs is 1. The first-order chi connectivity index (χ1) is 11.6. The molecule has 9 heteroatoms. The number of amides is 1. The minimum Gasteiger partial charge on any atom is -0.496 e. The summed E-state index contributed by atoms with van der Waals surface area (Å²) in [6, 6.07) is 9.30. The van der Waals surface area contributed by atoms with E-state index in [-0.39, 0.29) is 23.5 Å². The second-order valence-corrected chi connectivity index (χ2v) is 4.87. The molecular formula is C15H13N5O4. The van der Waals surface area contributed by atoms with Crippen molar-refractivity contribution in [3.05, 3.63) is 64.1 Å². The van der Waals surface area contributed by atoms with Crippen LogP contribution >= 0.6 is 0 Å². The van der Waals surface area contributed by atoms with Crippen molar-refractivity contribution in [2.24, 2.45) is 0 Å². The van der Waals surface area contributed by atoms with Crippen molar-refractivity contribution in [3.63, 3.8) is 0 Å². The number of aromatic nitrogens is 3. The number of nitro groups is 1. The molecule has 1 aromatic carbocycles. The number of nitro benzene ring substituents is 1. The van der Waals surface area contributed by atoms with Crippen LogP contribution in [0.5, 0.6) is 5.75 Å². The van der Waals surface area contributed by atoms with E-state index >= 15 is 0 Å². The normalized spacial score (nSPS) is 10.5. The zero-order chi connectivity index (χ0) is 17.1. The molecule has 9 nitrogen and oxygen atoms in total. The van der Waals surface area contributed by atoms with Gasteiger partial charge in [-0.2, -0.15) is 0 Å². The smallest absolute Gasteiger partial charge is 0.270 e. The Morgan fingerprint density at radius 2 is 2.17 bits per heavy atom. The van der Waals surface area contributed by atoms with Gasteiger partial charge in [-0.05, 0) is 18.2 Å². The summed E-state index contributed by atoms with van der Waals surface area (Å²) >= 11 is 0. The number of pyridine rings is 1. The van der Waals surface area contributed by atoms with Crippen molar-refractivity contribution < 1.29 is 14.5 Å². The summed E-state index contributed by atoms with van der Waals surface area (Å²) < 4.78 is 6.83. The van der Waals surface area contributed by atoms with Crippen LogP contribution in [0.4, 0.5) is 5.69 Å². The number of non-ortho nitro benzene ring substituents is 1. The molecule has 0 saturated heterocycles. The van der Waals surface area contributed by atoms with Gasteiger partial charge in [0, 0.05) is 18.3 Å². The van der Waals surface area contributed by atoms with Crippen LogP contribution in [0, 0.1) is 10.1 Å². The molecule has 0 saturated carbocycles. The summed E-state index contributed by atoms with van der Waals surface area (Å²) in [5.41, 5.74) is 0.559. The number of carbonyl (C=O) groups is 1. The number of nitrogens with one attached hydrogen (secondary N) is 1. The van der Waals surface area contributed by atoms with Crippen LogP contribution in [0.25, 0.3) is 5.65 Å². The van der Waals surface area contributed by atoms with Gasteiger partial charge in [-0.25, -0.2) is 0 Å². The number of hydrogen-bond donors (Lipinski definition) is 1. The van der Waals surface area contributed by atoms with Crippen molar-refractivity contribution in [1.82, 2.24) is 19.9 Å². The van der Waals surface area contributed by atoms with Crippen LogP contribution in [0.15, 0.2) is 42.6 Å². The monoisotopic (exact) mass is 327 g/mol. The fraction of sp³-hybridized carbons (Fsp3) is 0.133. The lowest BCUT2D eigenvalue weighted by molar-refractivity contribution is -0.384. The average Bonchev–Trinajstić information content (AvgIpc) is 3.02. The minimum absolute atomic E-state index is 0.0838. The van der Waals surface area contributed by atoms with Crippen molar-refractivity contribution in [2.45, 2.75) is 6.54 Å². The highest BCUT2D eigenvalue weighted by Crippen LogP contribution is 2.23. The van der Waals surface area contributed by atoms with Crippen LogP contribution in [0.1, 0.15) is 16.2 Å². The highest BCUT2D eigenvalue weighted by molar-refractivity contribution is 5.97. The molecule has 0 radical (unpaired) electrons. The molecule has 0 fully saturated rings. The van der Waals surface area contributed by atoms with Crippen molar-refractivity contribution in [3.8, 4) is 5.75 Å². The molecule has 1 N–H and O–H groups in total. The molecule has 24 heavy (non-hydrogen) atoms. The number of hydrogen-bond acceptors (Lipinski definition) is 6. The molecule has 3 rings (SSSR count). The maximum absolute atomic E-state index is 12.4. The Morgan fingerprint density at radius 3 is 2.92 bits per heavy atom. The summed E-state index contributed by atoms with van der Waals surface area (Å²) in [6.07, 6.45) is 1.78. The van der Waals surface area contributed by atoms with E-state index in [0.717, 1.165) is 0 Å². The zero-order valence-electron chi connectivity index (χ0n) is 12.7. The SMILES string of the molecule is COc1ccc([N+](=O)[O-])cc1C(=O)NCc1nnc2ccccn12. The first-order valence-electron chi connectivity index (χ1n) is 6.99. The first-order valence-corrected chi connectivity index (χ1v) is 6.99. The van der Waals surface area contributed by atoms with E-state index in [2.05, 4.69) is 15.5 Å². The Kier molecular flexibility index (Phi) is 4.06. The van der Waals surface area contributed by atoms with Gasteiger partial charge in [-0.15, -0.1) is 10.2 Å². The minimum atomic E-state index is -0.567. The van der Waals surface area contributed by atoms with Gasteiger partial charge in [0.15, 0.2) is 11.5 Å². The summed E-state index contributed by atoms with van der Waals surface area (Å²) in [5.74, 6) is 0.302. The molecule has 2 aromatic heterocycles. The predicted molar refractivity (Wildman–Crippen MR) is 83.8 cm³/mol. The number of methoxy groups -OCH3 is 1. The predicted octanol–water partition coefficient (Wildman–Crippen LogP) is 1.58. The maximum Gasteiger partial charge on any atom is 0.270 e. The van der Waals surface area contributed by atoms with Gasteiger partial charge in [0.1, 0.15) is 5.75 Å². The number of ether oxygens (including phenoxy) is 1. The molecule has 0 aliphatic rings. The van der Waals surface area contributed by atoms with E-state index in [1.165, 1.54) is 25.3 Å². The number of nitrogens with zero attached hydrogens (tertiary/aromatic N) is 4. The van der Waals surface area contributed by atoms with Gasteiger partial charge in [0.2, 0.25) is 0 Å². The molecule has 0 atom stereocenters. The highest BCUT2D eigenvalue weighted by atomic mass is 16.6. The molecule has 122 valence electrons. The second-order valence-electron chi connectivity index (χ2n) is 4.87. The van der Waals surface area contributed by atoms with E-state index in [1.807, 2.05) is 12.1 Å². The van der Waals surface area contributed by atoms with Gasteiger partial charge in [-0.3, -0.25) is 19.3 Å². The lowest BCUT2D eigenvalue weighted by Crippen LogP contribution is -2.24. The van der Waals surface area contributed by atoms with Gasteiger partial charge in [0.25, 0.3) is 11.6 Å². The Bertz CT molecular complexity index is 921. The standard InChI is InChI=1S/C15H13N5O4/c1-24-12-6-5-10(20(22)23)8-11(12)15(21)16-9-14-18-17-13-4-2-3-7-19(13)14/h2-8H,9H2,1H3,(H,16,21). The third-order valence-corrected chi connectivity index (χ3v) is 3.43. The lowest BCUT2D eigenvalue weighted by Gasteiger charge is -2.08. The van der Waals surface area contributed by atoms with Crippen LogP contribution in [-0.2, 0) is 6.54 Å². The number of rotatable bonds is 5. The van der Waals surface area contributed by atoms with Crippen LogP contribution < -0.4 is 10.1 Å². The van der Waals surface area contributed by atoms with Gasteiger partial charge in [0.05, 0.1) is 24.1 Å². The van der Waals surface area contributed by atoms with E-state index in [9.17, 15) is 14.9 Å². The Labute approximate surface area is 136 Å². The number of carbonyl (C=O) groups excluding carboxylic acids is 1. The topological polar surface area (TPSA) is 112 Å². The van der Waals surface area contributed by atoms with Crippen molar-refractivity contribution in [1.29, 1.82) is 0 Å². The summed E-state index contributed by atoms with van der Waals surface area (Å²) in [7, 11) is 1.39. The van der Waals surface area contributed by atoms with Crippen LogP contribution in [-0.4, -0.2) is 32.5 Å². The van der Waals surface area contributed by atoms with Crippen molar-refractivity contribution in [2.75, 3.05) is 7.11 Å². The van der Waals surface area contributed by atoms with Crippen molar-refractivity contribution >= 4 is 17.2 Å². The molecule has 2 heterocycles. The second kappa shape index (κ2) is 6.32. The van der Waals surface area contributed by atoms with Crippen LogP contribution in [0.2, 0.25) is 0 Å². The van der Waals surface area contributed by atoms with Gasteiger partial charge < -0.3 is 10.1 Å². The van der Waals surface area contributed by atoms with E-state index in [4.69, 9.17) is 4.74 Å². The van der Waals surface area contributed by atoms with E-state index in [1.54, 1.807) is 16.7 Å². The Balaban J connectivity index is 1.82. The molecule has 3 aromatic rings. The fourth-order valence-corrected chi connectivity index (χ4v) is 2.25. The van der Waals surface area contributed by atoms with E-state index in [0.29, 0.717) is 11.5 Å². The largest absolute Gasteiger partial charge is 0.496 e. The first kappa shape index (κ1) is 15.4. The molecule has 0 bridgehead atoms. The summed E-state index contributed by atoms with van der Waals surface area (Å²) in [4.78, 5) is 22.7. The fourth-order valence-electron chi connectivity index (χ4n) is 2.25. The highest BCUT2D eigenvalue weighted by Gasteiger charge is 2.18. The summed E-state index contributed by atoms with van der Waals surface area (Å²) in [6.45, 7) is 0.121. The van der Waals surface area contributed by atoms with Gasteiger partial charge in [-0.1, -0.05) is 6.07 Å². The third-order valence-electron chi connectivity index (χ3n) is 3.43. The lowest BCUT2D eigenvalue weighted by atomic mass is 10.1. The quantitative estimate of drug-likeness (QED) is 0.562.